The van der Waals surface area contributed by atoms with Crippen molar-refractivity contribution in [2.24, 2.45) is 7.05 Å². The van der Waals surface area contributed by atoms with Crippen LogP contribution in [0.2, 0.25) is 5.02 Å². The van der Waals surface area contributed by atoms with E-state index >= 15 is 0 Å². The van der Waals surface area contributed by atoms with Crippen molar-refractivity contribution in [2.75, 3.05) is 12.4 Å². The van der Waals surface area contributed by atoms with E-state index < -0.39 is 11.7 Å². The summed E-state index contributed by atoms with van der Waals surface area (Å²) >= 11 is 6.35. The van der Waals surface area contributed by atoms with Gasteiger partial charge in [0, 0.05) is 24.0 Å². The highest BCUT2D eigenvalue weighted by Gasteiger charge is 2.20. The smallest absolute Gasteiger partial charge is 0.273 e. The predicted molar refractivity (Wildman–Crippen MR) is 88.8 cm³/mol. The molecule has 0 aliphatic rings. The zero-order valence-electron chi connectivity index (χ0n) is 12.6. The van der Waals surface area contributed by atoms with Gasteiger partial charge in [-0.1, -0.05) is 29.8 Å². The molecule has 3 rings (SSSR count). The van der Waals surface area contributed by atoms with Gasteiger partial charge in [-0.25, -0.2) is 4.39 Å². The van der Waals surface area contributed by atoms with Crippen LogP contribution in [0.3, 0.4) is 0 Å². The standard InChI is InChI=1S/C17H14ClFN2O2/c1-21-13-6-4-3-5-11(13)15(18)16(21)17(22)20-12-8-7-10(19)9-14(12)23-2/h3-9H,1-2H3,(H,20,22). The molecule has 1 N–H and O–H groups in total. The Labute approximate surface area is 137 Å². The average Bonchev–Trinajstić information content (AvgIpc) is 2.81. The van der Waals surface area contributed by atoms with Crippen LogP contribution in [0.5, 0.6) is 5.75 Å². The van der Waals surface area contributed by atoms with E-state index in [1.807, 2.05) is 24.3 Å². The minimum Gasteiger partial charge on any atom is -0.494 e. The van der Waals surface area contributed by atoms with E-state index in [0.29, 0.717) is 16.4 Å². The molecule has 1 heterocycles. The second kappa shape index (κ2) is 5.93. The number of hydrogen-bond donors (Lipinski definition) is 1. The molecule has 0 aliphatic carbocycles. The number of fused-ring (bicyclic) bond motifs is 1. The van der Waals surface area contributed by atoms with E-state index in [4.69, 9.17) is 16.3 Å². The number of ether oxygens (including phenoxy) is 1. The fourth-order valence-electron chi connectivity index (χ4n) is 2.55. The van der Waals surface area contributed by atoms with Gasteiger partial charge in [-0.2, -0.15) is 0 Å². The number of aryl methyl sites for hydroxylation is 1. The zero-order chi connectivity index (χ0) is 16.6. The lowest BCUT2D eigenvalue weighted by Gasteiger charge is -2.11. The van der Waals surface area contributed by atoms with Gasteiger partial charge in [-0.05, 0) is 18.2 Å². The third kappa shape index (κ3) is 2.64. The molecular formula is C17H14ClFN2O2. The van der Waals surface area contributed by atoms with Crippen LogP contribution in [0.1, 0.15) is 10.5 Å². The summed E-state index contributed by atoms with van der Waals surface area (Å²) in [5.41, 5.74) is 1.56. The highest BCUT2D eigenvalue weighted by molar-refractivity contribution is 6.39. The molecule has 0 atom stereocenters. The predicted octanol–water partition coefficient (Wildman–Crippen LogP) is 4.23. The molecule has 0 saturated heterocycles. The summed E-state index contributed by atoms with van der Waals surface area (Å²) in [4.78, 5) is 12.6. The molecule has 0 spiro atoms. The van der Waals surface area contributed by atoms with Gasteiger partial charge in [0.2, 0.25) is 0 Å². The topological polar surface area (TPSA) is 43.3 Å². The third-order valence-corrected chi connectivity index (χ3v) is 4.05. The Bertz CT molecular complexity index is 866. The monoisotopic (exact) mass is 332 g/mol. The molecule has 2 aromatic carbocycles. The molecule has 0 radical (unpaired) electrons. The molecule has 0 saturated carbocycles. The van der Waals surface area contributed by atoms with Crippen LogP contribution in [0.15, 0.2) is 42.5 Å². The number of halogens is 2. The van der Waals surface area contributed by atoms with Gasteiger partial charge in [0.15, 0.2) is 0 Å². The first-order chi connectivity index (χ1) is 11.0. The van der Waals surface area contributed by atoms with Crippen molar-refractivity contribution in [3.8, 4) is 5.75 Å². The molecular weight excluding hydrogens is 319 g/mol. The van der Waals surface area contributed by atoms with Crippen molar-refractivity contribution < 1.29 is 13.9 Å². The maximum Gasteiger partial charge on any atom is 0.273 e. The second-order valence-corrected chi connectivity index (χ2v) is 5.42. The van der Waals surface area contributed by atoms with Crippen molar-refractivity contribution in [3.63, 3.8) is 0 Å². The second-order valence-electron chi connectivity index (χ2n) is 5.04. The Hall–Kier alpha value is -2.53. The number of carbonyl (C=O) groups is 1. The number of amides is 1. The van der Waals surface area contributed by atoms with Crippen LogP contribution >= 0.6 is 11.6 Å². The maximum atomic E-state index is 13.2. The quantitative estimate of drug-likeness (QED) is 0.780. The summed E-state index contributed by atoms with van der Waals surface area (Å²) in [5, 5.41) is 3.89. The first-order valence-electron chi connectivity index (χ1n) is 6.90. The van der Waals surface area contributed by atoms with E-state index in [2.05, 4.69) is 5.32 Å². The molecule has 0 aliphatic heterocycles. The van der Waals surface area contributed by atoms with E-state index in [-0.39, 0.29) is 5.75 Å². The highest BCUT2D eigenvalue weighted by atomic mass is 35.5. The Morgan fingerprint density at radius 2 is 2.00 bits per heavy atom. The molecule has 0 bridgehead atoms. The van der Waals surface area contributed by atoms with Gasteiger partial charge in [0.25, 0.3) is 5.91 Å². The minimum absolute atomic E-state index is 0.244. The maximum absolute atomic E-state index is 13.2. The Kier molecular flexibility index (Phi) is 3.96. The van der Waals surface area contributed by atoms with Crippen molar-refractivity contribution in [3.05, 3.63) is 59.0 Å². The Morgan fingerprint density at radius 3 is 2.70 bits per heavy atom. The zero-order valence-corrected chi connectivity index (χ0v) is 13.3. The SMILES string of the molecule is COc1cc(F)ccc1NC(=O)c1c(Cl)c2ccccc2n1C. The number of para-hydroxylation sites is 1. The lowest BCUT2D eigenvalue weighted by Crippen LogP contribution is -2.16. The number of carbonyl (C=O) groups excluding carboxylic acids is 1. The van der Waals surface area contributed by atoms with Crippen LogP contribution in [0.25, 0.3) is 10.9 Å². The number of hydrogen-bond acceptors (Lipinski definition) is 2. The van der Waals surface area contributed by atoms with Gasteiger partial charge >= 0.3 is 0 Å². The van der Waals surface area contributed by atoms with Gasteiger partial charge in [-0.3, -0.25) is 4.79 Å². The molecule has 23 heavy (non-hydrogen) atoms. The Morgan fingerprint density at radius 1 is 1.26 bits per heavy atom. The van der Waals surface area contributed by atoms with Gasteiger partial charge in [0.05, 0.1) is 17.8 Å². The molecule has 0 fully saturated rings. The van der Waals surface area contributed by atoms with Gasteiger partial charge < -0.3 is 14.6 Å². The van der Waals surface area contributed by atoms with Gasteiger partial charge in [-0.15, -0.1) is 0 Å². The molecule has 4 nitrogen and oxygen atoms in total. The largest absolute Gasteiger partial charge is 0.494 e. The van der Waals surface area contributed by atoms with E-state index in [1.54, 1.807) is 11.6 Å². The molecule has 1 aromatic heterocycles. The van der Waals surface area contributed by atoms with E-state index in [1.165, 1.54) is 25.3 Å². The van der Waals surface area contributed by atoms with Crippen molar-refractivity contribution in [1.82, 2.24) is 4.57 Å². The summed E-state index contributed by atoms with van der Waals surface area (Å²) in [6, 6.07) is 11.4. The summed E-state index contributed by atoms with van der Waals surface area (Å²) in [7, 11) is 3.18. The number of benzene rings is 2. The number of methoxy groups -OCH3 is 1. The highest BCUT2D eigenvalue weighted by Crippen LogP contribution is 2.31. The van der Waals surface area contributed by atoms with E-state index in [9.17, 15) is 9.18 Å². The number of anilines is 1. The molecule has 6 heteroatoms. The lowest BCUT2D eigenvalue weighted by molar-refractivity contribution is 0.101. The number of aromatic nitrogens is 1. The first-order valence-corrected chi connectivity index (χ1v) is 7.28. The number of rotatable bonds is 3. The van der Waals surface area contributed by atoms with Gasteiger partial charge in [0.1, 0.15) is 17.3 Å². The van der Waals surface area contributed by atoms with Crippen molar-refractivity contribution in [1.29, 1.82) is 0 Å². The summed E-state index contributed by atoms with van der Waals surface area (Å²) in [6.07, 6.45) is 0. The van der Waals surface area contributed by atoms with Crippen LogP contribution in [-0.4, -0.2) is 17.6 Å². The first kappa shape index (κ1) is 15.4. The molecule has 1 amide bonds. The molecule has 3 aromatic rings. The average molecular weight is 333 g/mol. The number of nitrogens with one attached hydrogen (secondary N) is 1. The molecule has 118 valence electrons. The third-order valence-electron chi connectivity index (χ3n) is 3.67. The fourth-order valence-corrected chi connectivity index (χ4v) is 2.92. The normalized spacial score (nSPS) is 10.8. The number of nitrogens with zero attached hydrogens (tertiary/aromatic N) is 1. The lowest BCUT2D eigenvalue weighted by atomic mass is 10.2. The van der Waals surface area contributed by atoms with Crippen LogP contribution in [-0.2, 0) is 7.05 Å². The molecule has 0 unspecified atom stereocenters. The fraction of sp³-hybridized carbons (Fsp3) is 0.118. The van der Waals surface area contributed by atoms with Crippen LogP contribution in [0, 0.1) is 5.82 Å². The van der Waals surface area contributed by atoms with E-state index in [0.717, 1.165) is 10.9 Å². The van der Waals surface area contributed by atoms with Crippen molar-refractivity contribution in [2.45, 2.75) is 0 Å². The summed E-state index contributed by atoms with van der Waals surface area (Å²) in [5.74, 6) is -0.589. The summed E-state index contributed by atoms with van der Waals surface area (Å²) in [6.45, 7) is 0. The van der Waals surface area contributed by atoms with Crippen LogP contribution in [0.4, 0.5) is 10.1 Å². The Balaban J connectivity index is 2.02. The van der Waals surface area contributed by atoms with Crippen molar-refractivity contribution >= 4 is 34.1 Å². The van der Waals surface area contributed by atoms with Crippen LogP contribution < -0.4 is 10.1 Å². The summed E-state index contributed by atoms with van der Waals surface area (Å²) < 4.78 is 20.1. The minimum atomic E-state index is -0.442.